The van der Waals surface area contributed by atoms with Crippen molar-refractivity contribution in [2.24, 2.45) is 0 Å². The van der Waals surface area contributed by atoms with E-state index in [-0.39, 0.29) is 0 Å². The lowest BCUT2D eigenvalue weighted by molar-refractivity contribution is 0.696. The number of hydrogen-bond acceptors (Lipinski definition) is 4. The third kappa shape index (κ3) is 10.3. The molecule has 0 radical (unpaired) electrons. The predicted molar refractivity (Wildman–Crippen MR) is 179 cm³/mol. The maximum atomic E-state index is 4.46. The Kier molecular flexibility index (Phi) is 15.4. The smallest absolute Gasteiger partial charge is 0.115 e. The zero-order valence-corrected chi connectivity index (χ0v) is 29.1. The lowest BCUT2D eigenvalue weighted by atomic mass is 9.90. The quantitative estimate of drug-likeness (QED) is 0.275. The molecule has 0 unspecified atom stereocenters. The summed E-state index contributed by atoms with van der Waals surface area (Å²) in [5.74, 6) is 3.15. The molecule has 3 heterocycles. The van der Waals surface area contributed by atoms with E-state index in [0.717, 1.165) is 12.8 Å². The SMILES string of the molecule is CC(C)c1ncnc(C(C)C)c1C(C)C.CCc1ccnc(CC)c1C(C)C.Cc1ccnc(C(C)C)c1C(C)C. The minimum atomic E-state index is 0.475. The summed E-state index contributed by atoms with van der Waals surface area (Å²) in [6.45, 7) is 33.1. The van der Waals surface area contributed by atoms with Gasteiger partial charge in [0.15, 0.2) is 0 Å². The molecule has 228 valence electrons. The molecule has 0 aromatic carbocycles. The first-order chi connectivity index (χ1) is 19.2. The molecule has 0 amide bonds. The van der Waals surface area contributed by atoms with E-state index in [1.807, 2.05) is 12.4 Å². The number of pyridine rings is 2. The van der Waals surface area contributed by atoms with Gasteiger partial charge in [-0.05, 0) is 95.2 Å². The van der Waals surface area contributed by atoms with Crippen molar-refractivity contribution >= 4 is 0 Å². The summed E-state index contributed by atoms with van der Waals surface area (Å²) in [6.07, 6.45) is 7.71. The molecule has 0 saturated heterocycles. The topological polar surface area (TPSA) is 51.6 Å². The first-order valence-electron chi connectivity index (χ1n) is 16.0. The standard InChI is InChI=1S/C13H22N2.2C12H19N/c1-8(2)11-12(9(3)4)14-7-15-13(11)10(5)6;1-8(2)11-10(5)6-7-13-12(11)9(3)4;1-5-10-7-8-13-11(6-2)12(10)9(3)4/h7-10H,1-6H3;6-9H,1-5H3;7-9H,5-6H2,1-4H3. The zero-order chi connectivity index (χ0) is 31.4. The van der Waals surface area contributed by atoms with Gasteiger partial charge in [-0.3, -0.25) is 9.97 Å². The maximum Gasteiger partial charge on any atom is 0.115 e. The summed E-state index contributed by atoms with van der Waals surface area (Å²) in [6, 6.07) is 4.25. The van der Waals surface area contributed by atoms with Crippen LogP contribution in [0.25, 0.3) is 0 Å². The number of rotatable bonds is 8. The molecular formula is C37H60N4. The van der Waals surface area contributed by atoms with Crippen LogP contribution in [0.5, 0.6) is 0 Å². The summed E-state index contributed by atoms with van der Waals surface area (Å²) < 4.78 is 0. The van der Waals surface area contributed by atoms with Gasteiger partial charge in [-0.15, -0.1) is 0 Å². The Hall–Kier alpha value is -2.62. The second-order valence-corrected chi connectivity index (χ2v) is 13.0. The van der Waals surface area contributed by atoms with Crippen LogP contribution in [-0.4, -0.2) is 19.9 Å². The van der Waals surface area contributed by atoms with Gasteiger partial charge in [-0.1, -0.05) is 96.9 Å². The highest BCUT2D eigenvalue weighted by Crippen LogP contribution is 2.30. The third-order valence-corrected chi connectivity index (χ3v) is 7.44. The Labute approximate surface area is 253 Å². The number of aryl methyl sites for hydroxylation is 3. The number of hydrogen-bond donors (Lipinski definition) is 0. The van der Waals surface area contributed by atoms with Crippen LogP contribution in [-0.2, 0) is 12.8 Å². The molecule has 0 aliphatic heterocycles. The molecule has 41 heavy (non-hydrogen) atoms. The van der Waals surface area contributed by atoms with Crippen molar-refractivity contribution in [3.05, 3.63) is 81.4 Å². The number of aromatic nitrogens is 4. The van der Waals surface area contributed by atoms with E-state index < -0.39 is 0 Å². The van der Waals surface area contributed by atoms with Crippen molar-refractivity contribution in [1.29, 1.82) is 0 Å². The Morgan fingerprint density at radius 3 is 1.29 bits per heavy atom. The molecule has 0 aliphatic carbocycles. The molecule has 0 fully saturated rings. The summed E-state index contributed by atoms with van der Waals surface area (Å²) >= 11 is 0. The molecule has 0 atom stereocenters. The summed E-state index contributed by atoms with van der Waals surface area (Å²) in [5.41, 5.74) is 12.0. The van der Waals surface area contributed by atoms with E-state index in [1.54, 1.807) is 6.33 Å². The number of nitrogens with zero attached hydrogens (tertiary/aromatic N) is 4. The van der Waals surface area contributed by atoms with Crippen LogP contribution in [0.1, 0.15) is 183 Å². The second kappa shape index (κ2) is 17.4. The third-order valence-electron chi connectivity index (χ3n) is 7.44. The molecule has 0 aliphatic rings. The van der Waals surface area contributed by atoms with Crippen molar-refractivity contribution in [3.63, 3.8) is 0 Å². The van der Waals surface area contributed by atoms with Crippen LogP contribution in [0.2, 0.25) is 0 Å². The van der Waals surface area contributed by atoms with Crippen LogP contribution in [0.15, 0.2) is 30.9 Å². The molecule has 4 heteroatoms. The van der Waals surface area contributed by atoms with Gasteiger partial charge in [0.2, 0.25) is 0 Å². The summed E-state index contributed by atoms with van der Waals surface area (Å²) in [7, 11) is 0. The average molecular weight is 561 g/mol. The average Bonchev–Trinajstić information content (AvgIpc) is 2.92. The molecule has 0 spiro atoms. The highest BCUT2D eigenvalue weighted by Gasteiger charge is 2.18. The Bertz CT molecular complexity index is 1140. The monoisotopic (exact) mass is 560 g/mol. The van der Waals surface area contributed by atoms with Gasteiger partial charge >= 0.3 is 0 Å². The summed E-state index contributed by atoms with van der Waals surface area (Å²) in [4.78, 5) is 17.8. The fourth-order valence-corrected chi connectivity index (χ4v) is 5.59. The van der Waals surface area contributed by atoms with Gasteiger partial charge in [0, 0.05) is 23.8 Å². The zero-order valence-electron chi connectivity index (χ0n) is 29.1. The lowest BCUT2D eigenvalue weighted by Gasteiger charge is -2.19. The van der Waals surface area contributed by atoms with Crippen molar-refractivity contribution < 1.29 is 0 Å². The van der Waals surface area contributed by atoms with Crippen molar-refractivity contribution in [2.45, 2.75) is 152 Å². The molecule has 4 nitrogen and oxygen atoms in total. The van der Waals surface area contributed by atoms with Crippen LogP contribution >= 0.6 is 0 Å². The van der Waals surface area contributed by atoms with Gasteiger partial charge in [0.05, 0.1) is 11.4 Å². The van der Waals surface area contributed by atoms with E-state index >= 15 is 0 Å². The van der Waals surface area contributed by atoms with Gasteiger partial charge in [-0.25, -0.2) is 9.97 Å². The van der Waals surface area contributed by atoms with Crippen molar-refractivity contribution in [2.75, 3.05) is 0 Å². The molecule has 0 bridgehead atoms. The molecular weight excluding hydrogens is 500 g/mol. The Morgan fingerprint density at radius 2 is 0.927 bits per heavy atom. The lowest BCUT2D eigenvalue weighted by Crippen LogP contribution is -2.09. The molecule has 0 saturated carbocycles. The Morgan fingerprint density at radius 1 is 0.488 bits per heavy atom. The minimum Gasteiger partial charge on any atom is -0.261 e. The van der Waals surface area contributed by atoms with Crippen LogP contribution in [0.4, 0.5) is 0 Å². The van der Waals surface area contributed by atoms with E-state index in [2.05, 4.69) is 136 Å². The fourth-order valence-electron chi connectivity index (χ4n) is 5.59. The van der Waals surface area contributed by atoms with E-state index in [4.69, 9.17) is 0 Å². The second-order valence-electron chi connectivity index (χ2n) is 13.0. The van der Waals surface area contributed by atoms with Crippen LogP contribution in [0.3, 0.4) is 0 Å². The first-order valence-corrected chi connectivity index (χ1v) is 16.0. The van der Waals surface area contributed by atoms with E-state index in [1.165, 1.54) is 50.6 Å². The van der Waals surface area contributed by atoms with Gasteiger partial charge in [0.25, 0.3) is 0 Å². The van der Waals surface area contributed by atoms with Gasteiger partial charge < -0.3 is 0 Å². The maximum absolute atomic E-state index is 4.46. The molecule has 3 rings (SSSR count). The normalized spacial score (nSPS) is 11.3. The van der Waals surface area contributed by atoms with Crippen molar-refractivity contribution in [3.8, 4) is 0 Å². The predicted octanol–water partition coefficient (Wildman–Crippen LogP) is 10.8. The van der Waals surface area contributed by atoms with E-state index in [0.29, 0.717) is 35.5 Å². The van der Waals surface area contributed by atoms with Crippen molar-refractivity contribution in [1.82, 2.24) is 19.9 Å². The fraction of sp³-hybridized carbons (Fsp3) is 0.622. The largest absolute Gasteiger partial charge is 0.261 e. The molecule has 0 N–H and O–H groups in total. The van der Waals surface area contributed by atoms with Gasteiger partial charge in [0.1, 0.15) is 6.33 Å². The van der Waals surface area contributed by atoms with Crippen LogP contribution < -0.4 is 0 Å². The Balaban J connectivity index is 0.000000309. The highest BCUT2D eigenvalue weighted by atomic mass is 14.9. The molecule has 3 aromatic rings. The van der Waals surface area contributed by atoms with Crippen LogP contribution in [0, 0.1) is 6.92 Å². The highest BCUT2D eigenvalue weighted by molar-refractivity contribution is 5.34. The summed E-state index contributed by atoms with van der Waals surface area (Å²) in [5, 5.41) is 0. The molecule has 3 aromatic heterocycles. The first kappa shape index (κ1) is 36.4. The minimum absolute atomic E-state index is 0.475. The van der Waals surface area contributed by atoms with E-state index in [9.17, 15) is 0 Å². The van der Waals surface area contributed by atoms with Gasteiger partial charge in [-0.2, -0.15) is 0 Å².